The van der Waals surface area contributed by atoms with E-state index in [-0.39, 0.29) is 11.9 Å². The maximum Gasteiger partial charge on any atom is 0.238 e. The van der Waals surface area contributed by atoms with Crippen LogP contribution in [-0.4, -0.2) is 34.2 Å². The normalized spacial score (nSPS) is 12.5. The van der Waals surface area contributed by atoms with E-state index in [9.17, 15) is 4.79 Å². The van der Waals surface area contributed by atoms with Gasteiger partial charge >= 0.3 is 0 Å². The van der Waals surface area contributed by atoms with Gasteiger partial charge in [-0.1, -0.05) is 30.3 Å². The van der Waals surface area contributed by atoms with Gasteiger partial charge in [-0.25, -0.2) is 0 Å². The maximum absolute atomic E-state index is 12.3. The molecular formula is C17H24N4O. The van der Waals surface area contributed by atoms with Crippen molar-refractivity contribution in [1.29, 1.82) is 0 Å². The summed E-state index contributed by atoms with van der Waals surface area (Å²) in [5, 5.41) is 7.29. The Morgan fingerprint density at radius 2 is 1.95 bits per heavy atom. The fraction of sp³-hybridized carbons (Fsp3) is 0.412. The zero-order chi connectivity index (χ0) is 16.3. The quantitative estimate of drug-likeness (QED) is 0.923. The Hall–Kier alpha value is -2.14. The van der Waals surface area contributed by atoms with Gasteiger partial charge in [0.25, 0.3) is 0 Å². The van der Waals surface area contributed by atoms with E-state index < -0.39 is 0 Å². The third-order valence-corrected chi connectivity index (χ3v) is 4.11. The highest BCUT2D eigenvalue weighted by molar-refractivity contribution is 5.93. The van der Waals surface area contributed by atoms with Crippen LogP contribution in [0.3, 0.4) is 0 Å². The standard InChI is InChI=1S/C17H24N4O/c1-12-17(14(3)21(5)19-12)18-16(22)11-20(4)13(2)15-9-7-6-8-10-15/h6-10,13H,11H2,1-5H3,(H,18,22)/t13-/m0/s1. The second kappa shape index (κ2) is 6.75. The van der Waals surface area contributed by atoms with Crippen molar-refractivity contribution in [3.05, 3.63) is 47.3 Å². The number of nitrogens with one attached hydrogen (secondary N) is 1. The van der Waals surface area contributed by atoms with Gasteiger partial charge in [-0.05, 0) is 33.4 Å². The summed E-state index contributed by atoms with van der Waals surface area (Å²) >= 11 is 0. The lowest BCUT2D eigenvalue weighted by Crippen LogP contribution is -2.32. The molecule has 1 aromatic carbocycles. The lowest BCUT2D eigenvalue weighted by molar-refractivity contribution is -0.117. The Labute approximate surface area is 131 Å². The first-order valence-electron chi connectivity index (χ1n) is 7.45. The van der Waals surface area contributed by atoms with Crippen molar-refractivity contribution in [1.82, 2.24) is 14.7 Å². The summed E-state index contributed by atoms with van der Waals surface area (Å²) in [6.07, 6.45) is 0. The van der Waals surface area contributed by atoms with E-state index in [0.717, 1.165) is 17.1 Å². The van der Waals surface area contributed by atoms with E-state index in [0.29, 0.717) is 6.54 Å². The molecule has 0 radical (unpaired) electrons. The molecule has 1 atom stereocenters. The molecule has 0 bridgehead atoms. The Bertz CT molecular complexity index is 648. The van der Waals surface area contributed by atoms with Gasteiger partial charge in [0.2, 0.25) is 5.91 Å². The monoisotopic (exact) mass is 300 g/mol. The molecule has 0 unspecified atom stereocenters. The summed E-state index contributed by atoms with van der Waals surface area (Å²) < 4.78 is 1.78. The number of benzene rings is 1. The van der Waals surface area contributed by atoms with Gasteiger partial charge in [-0.2, -0.15) is 5.10 Å². The predicted molar refractivity (Wildman–Crippen MR) is 88.8 cm³/mol. The Balaban J connectivity index is 2.00. The molecule has 5 heteroatoms. The van der Waals surface area contributed by atoms with Crippen molar-refractivity contribution in [2.45, 2.75) is 26.8 Å². The van der Waals surface area contributed by atoms with Crippen LogP contribution in [0.2, 0.25) is 0 Å². The average molecular weight is 300 g/mol. The first kappa shape index (κ1) is 16.2. The van der Waals surface area contributed by atoms with E-state index in [1.807, 2.05) is 51.0 Å². The number of hydrogen-bond donors (Lipinski definition) is 1. The van der Waals surface area contributed by atoms with Crippen molar-refractivity contribution in [2.24, 2.45) is 7.05 Å². The second-order valence-electron chi connectivity index (χ2n) is 5.72. The number of rotatable bonds is 5. The predicted octanol–water partition coefficient (Wildman–Crippen LogP) is 2.67. The molecule has 0 aliphatic carbocycles. The largest absolute Gasteiger partial charge is 0.322 e. The fourth-order valence-corrected chi connectivity index (χ4v) is 2.48. The van der Waals surface area contributed by atoms with Crippen molar-refractivity contribution in [3.63, 3.8) is 0 Å². The number of carbonyl (C=O) groups is 1. The van der Waals surface area contributed by atoms with Gasteiger partial charge in [0.05, 0.1) is 23.6 Å². The molecule has 0 fully saturated rings. The van der Waals surface area contributed by atoms with E-state index in [4.69, 9.17) is 0 Å². The minimum Gasteiger partial charge on any atom is -0.322 e. The zero-order valence-corrected chi connectivity index (χ0v) is 13.9. The van der Waals surface area contributed by atoms with Crippen molar-refractivity contribution in [3.8, 4) is 0 Å². The summed E-state index contributed by atoms with van der Waals surface area (Å²) in [7, 11) is 3.84. The molecule has 22 heavy (non-hydrogen) atoms. The molecule has 0 aliphatic rings. The van der Waals surface area contributed by atoms with Crippen LogP contribution in [0.25, 0.3) is 0 Å². The highest BCUT2D eigenvalue weighted by Gasteiger charge is 2.17. The molecule has 0 spiro atoms. The van der Waals surface area contributed by atoms with Crippen LogP contribution >= 0.6 is 0 Å². The minimum atomic E-state index is -0.0236. The van der Waals surface area contributed by atoms with Gasteiger partial charge in [-0.3, -0.25) is 14.4 Å². The SMILES string of the molecule is Cc1nn(C)c(C)c1NC(=O)CN(C)[C@@H](C)c1ccccc1. The van der Waals surface area contributed by atoms with Crippen LogP contribution in [0.15, 0.2) is 30.3 Å². The third kappa shape index (κ3) is 3.54. The van der Waals surface area contributed by atoms with Gasteiger partial charge in [0.15, 0.2) is 0 Å². The zero-order valence-electron chi connectivity index (χ0n) is 13.9. The molecule has 5 nitrogen and oxygen atoms in total. The number of likely N-dealkylation sites (N-methyl/N-ethyl adjacent to an activating group) is 1. The molecule has 118 valence electrons. The summed E-state index contributed by atoms with van der Waals surface area (Å²) in [6, 6.07) is 10.4. The molecule has 1 N–H and O–H groups in total. The summed E-state index contributed by atoms with van der Waals surface area (Å²) in [5.74, 6) is -0.0236. The van der Waals surface area contributed by atoms with E-state index >= 15 is 0 Å². The highest BCUT2D eigenvalue weighted by Crippen LogP contribution is 2.20. The summed E-state index contributed by atoms with van der Waals surface area (Å²) in [6.45, 7) is 6.29. The van der Waals surface area contributed by atoms with Gasteiger partial charge < -0.3 is 5.32 Å². The smallest absolute Gasteiger partial charge is 0.238 e. The number of hydrogen-bond acceptors (Lipinski definition) is 3. The lowest BCUT2D eigenvalue weighted by Gasteiger charge is -2.24. The number of nitrogens with zero attached hydrogens (tertiary/aromatic N) is 3. The first-order valence-corrected chi connectivity index (χ1v) is 7.45. The maximum atomic E-state index is 12.3. The van der Waals surface area contributed by atoms with Crippen molar-refractivity contribution in [2.75, 3.05) is 18.9 Å². The van der Waals surface area contributed by atoms with E-state index in [1.165, 1.54) is 5.56 Å². The van der Waals surface area contributed by atoms with Crippen LogP contribution in [0.4, 0.5) is 5.69 Å². The van der Waals surface area contributed by atoms with Crippen molar-refractivity contribution < 1.29 is 4.79 Å². The topological polar surface area (TPSA) is 50.2 Å². The van der Waals surface area contributed by atoms with Gasteiger partial charge in [0.1, 0.15) is 0 Å². The van der Waals surface area contributed by atoms with Gasteiger partial charge in [0, 0.05) is 13.1 Å². The Morgan fingerprint density at radius 3 is 2.50 bits per heavy atom. The van der Waals surface area contributed by atoms with Crippen LogP contribution < -0.4 is 5.32 Å². The fourth-order valence-electron chi connectivity index (χ4n) is 2.48. The van der Waals surface area contributed by atoms with Gasteiger partial charge in [-0.15, -0.1) is 0 Å². The number of aryl methyl sites for hydroxylation is 2. The third-order valence-electron chi connectivity index (χ3n) is 4.11. The molecule has 1 aromatic heterocycles. The number of carbonyl (C=O) groups excluding carboxylic acids is 1. The highest BCUT2D eigenvalue weighted by atomic mass is 16.2. The van der Waals surface area contributed by atoms with E-state index in [1.54, 1.807) is 4.68 Å². The number of aromatic nitrogens is 2. The molecule has 2 aromatic rings. The van der Waals surface area contributed by atoms with Crippen LogP contribution in [-0.2, 0) is 11.8 Å². The molecular weight excluding hydrogens is 276 g/mol. The molecule has 2 rings (SSSR count). The molecule has 0 aliphatic heterocycles. The Kier molecular flexibility index (Phi) is 4.98. The van der Waals surface area contributed by atoms with E-state index in [2.05, 4.69) is 29.5 Å². The Morgan fingerprint density at radius 1 is 1.32 bits per heavy atom. The summed E-state index contributed by atoms with van der Waals surface area (Å²) in [4.78, 5) is 14.3. The van der Waals surface area contributed by atoms with Crippen molar-refractivity contribution >= 4 is 11.6 Å². The average Bonchev–Trinajstić information content (AvgIpc) is 2.73. The minimum absolute atomic E-state index is 0.0236. The summed E-state index contributed by atoms with van der Waals surface area (Å²) in [5.41, 5.74) is 3.82. The second-order valence-corrected chi connectivity index (χ2v) is 5.72. The molecule has 0 saturated heterocycles. The number of anilines is 1. The van der Waals surface area contributed by atoms with Crippen LogP contribution in [0.5, 0.6) is 0 Å². The number of amides is 1. The first-order chi connectivity index (χ1) is 10.4. The van der Waals surface area contributed by atoms with Crippen LogP contribution in [0.1, 0.15) is 29.9 Å². The molecule has 0 saturated carbocycles. The lowest BCUT2D eigenvalue weighted by atomic mass is 10.1. The molecule has 1 amide bonds. The van der Waals surface area contributed by atoms with Crippen LogP contribution in [0, 0.1) is 13.8 Å². The molecule has 1 heterocycles.